The van der Waals surface area contributed by atoms with Crippen molar-refractivity contribution in [2.24, 2.45) is 5.92 Å². The van der Waals surface area contributed by atoms with Crippen LogP contribution in [-0.4, -0.2) is 31.1 Å². The van der Waals surface area contributed by atoms with Gasteiger partial charge in [-0.1, -0.05) is 36.2 Å². The Hall–Kier alpha value is -0.590. The lowest BCUT2D eigenvalue weighted by Gasteiger charge is -2.39. The van der Waals surface area contributed by atoms with E-state index in [0.29, 0.717) is 0 Å². The molecule has 0 saturated carbocycles. The van der Waals surface area contributed by atoms with Gasteiger partial charge in [0.15, 0.2) is 0 Å². The molecule has 1 aromatic carbocycles. The summed E-state index contributed by atoms with van der Waals surface area (Å²) < 4.78 is 39.9. The van der Waals surface area contributed by atoms with E-state index in [9.17, 15) is 13.2 Å². The summed E-state index contributed by atoms with van der Waals surface area (Å²) in [5.41, 5.74) is 0.167. The van der Waals surface area contributed by atoms with Crippen LogP contribution in [0.15, 0.2) is 22.7 Å². The van der Waals surface area contributed by atoms with Crippen molar-refractivity contribution in [1.29, 1.82) is 0 Å². The molecule has 6 heteroatoms. The Morgan fingerprint density at radius 2 is 1.91 bits per heavy atom. The molecule has 0 amide bonds. The van der Waals surface area contributed by atoms with Crippen molar-refractivity contribution >= 4 is 15.9 Å². The summed E-state index contributed by atoms with van der Waals surface area (Å²) in [6.07, 6.45) is -3.38. The normalized spacial score (nSPS) is 19.9. The zero-order chi connectivity index (χ0) is 16.3. The topological polar surface area (TPSA) is 15.3 Å². The minimum absolute atomic E-state index is 0.00350. The summed E-state index contributed by atoms with van der Waals surface area (Å²) in [6.45, 7) is 7.67. The van der Waals surface area contributed by atoms with Crippen LogP contribution in [0.25, 0.3) is 0 Å². The van der Waals surface area contributed by atoms with Crippen molar-refractivity contribution in [1.82, 2.24) is 10.2 Å². The van der Waals surface area contributed by atoms with Crippen molar-refractivity contribution in [2.75, 3.05) is 26.2 Å². The number of alkyl halides is 3. The standard InChI is InChI=1S/C16H22BrF3N2/c1-3-11(2)15(22-8-6-21-7-9-22)13-10-12(16(18,19)20)4-5-14(13)17/h4-5,10-11,15,21H,3,6-9H2,1-2H3/t11?,15-/m1/s1. The van der Waals surface area contributed by atoms with Crippen LogP contribution in [0.5, 0.6) is 0 Å². The van der Waals surface area contributed by atoms with E-state index in [4.69, 9.17) is 0 Å². The van der Waals surface area contributed by atoms with E-state index in [0.717, 1.165) is 48.7 Å². The smallest absolute Gasteiger partial charge is 0.314 e. The van der Waals surface area contributed by atoms with Gasteiger partial charge in [0, 0.05) is 36.7 Å². The molecule has 1 saturated heterocycles. The SMILES string of the molecule is CCC(C)[C@H](c1cc(C(F)(F)F)ccc1Br)N1CCNCC1. The molecule has 124 valence electrons. The van der Waals surface area contributed by atoms with Gasteiger partial charge in [0.25, 0.3) is 0 Å². The lowest BCUT2D eigenvalue weighted by molar-refractivity contribution is -0.137. The van der Waals surface area contributed by atoms with E-state index in [2.05, 4.69) is 40.0 Å². The van der Waals surface area contributed by atoms with Crippen molar-refractivity contribution < 1.29 is 13.2 Å². The minimum atomic E-state index is -4.31. The Balaban J connectivity index is 2.41. The molecule has 1 N–H and O–H groups in total. The van der Waals surface area contributed by atoms with Gasteiger partial charge in [-0.05, 0) is 29.7 Å². The van der Waals surface area contributed by atoms with Gasteiger partial charge in [0.2, 0.25) is 0 Å². The van der Waals surface area contributed by atoms with E-state index in [1.54, 1.807) is 0 Å². The van der Waals surface area contributed by atoms with Crippen LogP contribution >= 0.6 is 15.9 Å². The van der Waals surface area contributed by atoms with Gasteiger partial charge >= 0.3 is 6.18 Å². The molecule has 1 heterocycles. The predicted molar refractivity (Wildman–Crippen MR) is 85.8 cm³/mol. The first-order valence-corrected chi connectivity index (χ1v) is 8.45. The lowest BCUT2D eigenvalue weighted by Crippen LogP contribution is -2.46. The second kappa shape index (κ2) is 7.32. The Bertz CT molecular complexity index is 499. The molecule has 1 aliphatic rings. The summed E-state index contributed by atoms with van der Waals surface area (Å²) in [4.78, 5) is 2.30. The number of nitrogens with one attached hydrogen (secondary N) is 1. The molecule has 1 aromatic rings. The quantitative estimate of drug-likeness (QED) is 0.831. The highest BCUT2D eigenvalue weighted by Crippen LogP contribution is 2.39. The molecule has 1 unspecified atom stereocenters. The minimum Gasteiger partial charge on any atom is -0.314 e. The van der Waals surface area contributed by atoms with E-state index in [1.165, 1.54) is 12.1 Å². The monoisotopic (exact) mass is 378 g/mol. The van der Waals surface area contributed by atoms with Crippen molar-refractivity contribution in [3.63, 3.8) is 0 Å². The van der Waals surface area contributed by atoms with Gasteiger partial charge in [0.1, 0.15) is 0 Å². The number of halogens is 4. The van der Waals surface area contributed by atoms with Crippen LogP contribution < -0.4 is 5.32 Å². The molecule has 0 spiro atoms. The van der Waals surface area contributed by atoms with Crippen LogP contribution in [0.1, 0.15) is 37.4 Å². The first-order chi connectivity index (χ1) is 10.3. The van der Waals surface area contributed by atoms with E-state index >= 15 is 0 Å². The van der Waals surface area contributed by atoms with Crippen LogP contribution in [0.2, 0.25) is 0 Å². The predicted octanol–water partition coefficient (Wildman–Crippen LogP) is 4.46. The fourth-order valence-corrected chi connectivity index (χ4v) is 3.47. The van der Waals surface area contributed by atoms with Crippen LogP contribution in [-0.2, 0) is 6.18 Å². The molecule has 1 fully saturated rings. The zero-order valence-electron chi connectivity index (χ0n) is 12.9. The third kappa shape index (κ3) is 4.03. The molecule has 0 aromatic heterocycles. The largest absolute Gasteiger partial charge is 0.416 e. The van der Waals surface area contributed by atoms with Crippen molar-refractivity contribution in [2.45, 2.75) is 32.5 Å². The van der Waals surface area contributed by atoms with Crippen LogP contribution in [0, 0.1) is 5.92 Å². The van der Waals surface area contributed by atoms with Gasteiger partial charge in [-0.3, -0.25) is 4.90 Å². The first kappa shape index (κ1) is 17.8. The number of hydrogen-bond acceptors (Lipinski definition) is 2. The van der Waals surface area contributed by atoms with Gasteiger partial charge in [-0.2, -0.15) is 13.2 Å². The summed E-state index contributed by atoms with van der Waals surface area (Å²) in [5, 5.41) is 3.29. The molecule has 1 aliphatic heterocycles. The van der Waals surface area contributed by atoms with Crippen LogP contribution in [0.3, 0.4) is 0 Å². The molecule has 2 rings (SSSR count). The molecular weight excluding hydrogens is 357 g/mol. The first-order valence-electron chi connectivity index (χ1n) is 7.66. The lowest BCUT2D eigenvalue weighted by atomic mass is 9.89. The van der Waals surface area contributed by atoms with Crippen molar-refractivity contribution in [3.8, 4) is 0 Å². The molecule has 22 heavy (non-hydrogen) atoms. The molecule has 0 radical (unpaired) electrons. The average Bonchev–Trinajstić information content (AvgIpc) is 2.49. The number of benzene rings is 1. The Morgan fingerprint density at radius 3 is 2.45 bits per heavy atom. The summed E-state index contributed by atoms with van der Waals surface area (Å²) in [6, 6.07) is 3.97. The molecular formula is C16H22BrF3N2. The van der Waals surface area contributed by atoms with E-state index in [1.807, 2.05) is 0 Å². The van der Waals surface area contributed by atoms with Gasteiger partial charge in [0.05, 0.1) is 5.56 Å². The highest BCUT2D eigenvalue weighted by Gasteiger charge is 2.34. The Morgan fingerprint density at radius 1 is 1.27 bits per heavy atom. The summed E-state index contributed by atoms with van der Waals surface area (Å²) in [7, 11) is 0. The maximum Gasteiger partial charge on any atom is 0.416 e. The highest BCUT2D eigenvalue weighted by atomic mass is 79.9. The Kier molecular flexibility index (Phi) is 5.91. The molecule has 2 atom stereocenters. The van der Waals surface area contributed by atoms with E-state index < -0.39 is 11.7 Å². The third-order valence-corrected chi connectivity index (χ3v) is 5.09. The highest BCUT2D eigenvalue weighted by molar-refractivity contribution is 9.10. The second-order valence-electron chi connectivity index (χ2n) is 5.85. The molecule has 0 aliphatic carbocycles. The summed E-state index contributed by atoms with van der Waals surface area (Å²) in [5.74, 6) is 0.290. The number of rotatable bonds is 4. The van der Waals surface area contributed by atoms with Gasteiger partial charge in [-0.25, -0.2) is 0 Å². The fourth-order valence-electron chi connectivity index (χ4n) is 2.99. The zero-order valence-corrected chi connectivity index (χ0v) is 14.5. The van der Waals surface area contributed by atoms with Crippen LogP contribution in [0.4, 0.5) is 13.2 Å². The molecule has 2 nitrogen and oxygen atoms in total. The van der Waals surface area contributed by atoms with Gasteiger partial charge < -0.3 is 5.32 Å². The molecule has 0 bridgehead atoms. The fraction of sp³-hybridized carbons (Fsp3) is 0.625. The maximum atomic E-state index is 13.0. The Labute approximate surface area is 138 Å². The van der Waals surface area contributed by atoms with Crippen molar-refractivity contribution in [3.05, 3.63) is 33.8 Å². The summed E-state index contributed by atoms with van der Waals surface area (Å²) >= 11 is 3.45. The number of nitrogens with zero attached hydrogens (tertiary/aromatic N) is 1. The maximum absolute atomic E-state index is 13.0. The van der Waals surface area contributed by atoms with Gasteiger partial charge in [-0.15, -0.1) is 0 Å². The van der Waals surface area contributed by atoms with E-state index in [-0.39, 0.29) is 12.0 Å². The third-order valence-electron chi connectivity index (χ3n) is 4.37. The average molecular weight is 379 g/mol. The second-order valence-corrected chi connectivity index (χ2v) is 6.70. The number of hydrogen-bond donors (Lipinski definition) is 1. The number of piperazine rings is 1.